The molecule has 0 atom stereocenters. The normalized spacial score (nSPS) is 11.8. The Kier molecular flexibility index (Phi) is 8.31. The van der Waals surface area contributed by atoms with Crippen LogP contribution in [-0.2, 0) is 25.8 Å². The summed E-state index contributed by atoms with van der Waals surface area (Å²) in [5, 5.41) is 11.1. The zero-order valence-corrected chi connectivity index (χ0v) is 17.1. The first-order chi connectivity index (χ1) is 11.8. The quantitative estimate of drug-likeness (QED) is 0.405. The molecule has 0 aliphatic heterocycles. The average molecular weight is 482 g/mol. The molecule has 0 aliphatic carbocycles. The third-order valence-corrected chi connectivity index (χ3v) is 3.72. The second-order valence-corrected chi connectivity index (χ2v) is 5.48. The average Bonchev–Trinajstić information content (AvgIpc) is 3.02. The summed E-state index contributed by atoms with van der Waals surface area (Å²) in [6.45, 7) is 3.65. The van der Waals surface area contributed by atoms with E-state index in [1.165, 1.54) is 12.1 Å². The number of halogens is 4. The molecule has 6 nitrogen and oxygen atoms in total. The predicted molar refractivity (Wildman–Crippen MR) is 104 cm³/mol. The van der Waals surface area contributed by atoms with Gasteiger partial charge >= 0.3 is 6.18 Å². The van der Waals surface area contributed by atoms with Crippen LogP contribution >= 0.6 is 24.0 Å². The van der Waals surface area contributed by atoms with E-state index in [1.807, 2.05) is 23.4 Å². The van der Waals surface area contributed by atoms with Crippen molar-refractivity contribution in [3.05, 3.63) is 47.5 Å². The van der Waals surface area contributed by atoms with Crippen molar-refractivity contribution in [3.8, 4) is 0 Å². The summed E-state index contributed by atoms with van der Waals surface area (Å²) in [5.41, 5.74) is 0.107. The summed E-state index contributed by atoms with van der Waals surface area (Å²) in [5.74, 6) is 1.40. The molecule has 0 fully saturated rings. The van der Waals surface area contributed by atoms with Crippen molar-refractivity contribution in [3.63, 3.8) is 0 Å². The zero-order valence-electron chi connectivity index (χ0n) is 14.8. The molecule has 0 radical (unpaired) electrons. The van der Waals surface area contributed by atoms with E-state index >= 15 is 0 Å². The number of benzene rings is 1. The number of nitrogens with zero attached hydrogens (tertiary/aromatic N) is 5. The van der Waals surface area contributed by atoms with E-state index in [4.69, 9.17) is 0 Å². The number of aryl methyl sites for hydroxylation is 1. The molecule has 1 heterocycles. The zero-order chi connectivity index (χ0) is 18.4. The molecule has 0 amide bonds. The van der Waals surface area contributed by atoms with Crippen molar-refractivity contribution in [1.82, 2.24) is 25.0 Å². The third kappa shape index (κ3) is 5.85. The number of alkyl halides is 3. The van der Waals surface area contributed by atoms with E-state index in [9.17, 15) is 13.2 Å². The molecule has 10 heteroatoms. The molecule has 1 aromatic carbocycles. The molecule has 0 saturated carbocycles. The summed E-state index contributed by atoms with van der Waals surface area (Å²) in [6, 6.07) is 5.12. The summed E-state index contributed by atoms with van der Waals surface area (Å²) in [6.07, 6.45) is -2.66. The second-order valence-electron chi connectivity index (χ2n) is 5.48. The van der Waals surface area contributed by atoms with Gasteiger partial charge in [0.05, 0.1) is 12.1 Å². The highest BCUT2D eigenvalue weighted by Gasteiger charge is 2.29. The van der Waals surface area contributed by atoms with Gasteiger partial charge in [-0.25, -0.2) is 0 Å². The number of hydrogen-bond donors (Lipinski definition) is 1. The van der Waals surface area contributed by atoms with Gasteiger partial charge in [0.25, 0.3) is 0 Å². The number of rotatable bonds is 5. The smallest absolute Gasteiger partial charge is 0.349 e. The second kappa shape index (κ2) is 9.74. The molecule has 2 rings (SSSR count). The molecule has 2 aromatic rings. The van der Waals surface area contributed by atoms with Crippen molar-refractivity contribution in [2.24, 2.45) is 4.99 Å². The lowest BCUT2D eigenvalue weighted by atomic mass is 10.1. The van der Waals surface area contributed by atoms with Gasteiger partial charge in [0.1, 0.15) is 6.33 Å². The fourth-order valence-electron chi connectivity index (χ4n) is 2.37. The highest BCUT2D eigenvalue weighted by Crippen LogP contribution is 2.29. The van der Waals surface area contributed by atoms with Crippen molar-refractivity contribution in [1.29, 1.82) is 0 Å². The number of hydrogen-bond acceptors (Lipinski definition) is 3. The highest BCUT2D eigenvalue weighted by atomic mass is 127. The molecule has 0 bridgehead atoms. The van der Waals surface area contributed by atoms with Crippen molar-refractivity contribution < 1.29 is 13.2 Å². The molecule has 0 saturated heterocycles. The minimum absolute atomic E-state index is 0. The Morgan fingerprint density at radius 1 is 1.27 bits per heavy atom. The lowest BCUT2D eigenvalue weighted by Crippen LogP contribution is -2.38. The Bertz CT molecular complexity index is 712. The summed E-state index contributed by atoms with van der Waals surface area (Å²) in [7, 11) is 3.47. The molecule has 0 unspecified atom stereocenters. The SMILES string of the molecule is CCn1cnnc1CNC(=NC)N(C)Cc1ccc(C(F)(F)F)cc1.I. The Morgan fingerprint density at radius 2 is 1.92 bits per heavy atom. The molecule has 0 aliphatic rings. The van der Waals surface area contributed by atoms with Crippen LogP contribution in [0.15, 0.2) is 35.6 Å². The predicted octanol–water partition coefficient (Wildman–Crippen LogP) is 3.14. The topological polar surface area (TPSA) is 58.3 Å². The molecule has 1 N–H and O–H groups in total. The summed E-state index contributed by atoms with van der Waals surface area (Å²) in [4.78, 5) is 6.02. The third-order valence-electron chi connectivity index (χ3n) is 3.72. The van der Waals surface area contributed by atoms with Crippen molar-refractivity contribution >= 4 is 29.9 Å². The van der Waals surface area contributed by atoms with Gasteiger partial charge in [-0.15, -0.1) is 34.2 Å². The van der Waals surface area contributed by atoms with Crippen LogP contribution in [0, 0.1) is 0 Å². The molecular weight excluding hydrogens is 460 g/mol. The standard InChI is InChI=1S/C16H21F3N6.HI/c1-4-25-11-22-23-14(25)9-21-15(20-2)24(3)10-12-5-7-13(8-6-12)16(17,18)19;/h5-8,11H,4,9-10H2,1-3H3,(H,20,21);1H. The number of aromatic nitrogens is 3. The van der Waals surface area contributed by atoms with Gasteiger partial charge in [-0.3, -0.25) is 4.99 Å². The monoisotopic (exact) mass is 482 g/mol. The maximum Gasteiger partial charge on any atom is 0.416 e. The number of nitrogens with one attached hydrogen (secondary N) is 1. The van der Waals surface area contributed by atoms with E-state index in [0.29, 0.717) is 19.0 Å². The van der Waals surface area contributed by atoms with Gasteiger partial charge in [-0.05, 0) is 24.6 Å². The maximum absolute atomic E-state index is 12.6. The molecule has 1 aromatic heterocycles. The Hall–Kier alpha value is -1.85. The minimum atomic E-state index is -4.32. The fraction of sp³-hybridized carbons (Fsp3) is 0.438. The van der Waals surface area contributed by atoms with E-state index in [-0.39, 0.29) is 24.0 Å². The number of guanidine groups is 1. The van der Waals surface area contributed by atoms with Gasteiger partial charge in [0, 0.05) is 27.2 Å². The lowest BCUT2D eigenvalue weighted by molar-refractivity contribution is -0.137. The van der Waals surface area contributed by atoms with Crippen LogP contribution in [0.25, 0.3) is 0 Å². The van der Waals surface area contributed by atoms with Crippen LogP contribution < -0.4 is 5.32 Å². The van der Waals surface area contributed by atoms with Gasteiger partial charge < -0.3 is 14.8 Å². The Balaban J connectivity index is 0.00000338. The first-order valence-corrected chi connectivity index (χ1v) is 7.79. The largest absolute Gasteiger partial charge is 0.416 e. The number of aliphatic imine (C=N–C) groups is 1. The van der Waals surface area contributed by atoms with Gasteiger partial charge in [-0.1, -0.05) is 12.1 Å². The first-order valence-electron chi connectivity index (χ1n) is 7.79. The highest BCUT2D eigenvalue weighted by molar-refractivity contribution is 14.0. The Labute approximate surface area is 167 Å². The van der Waals surface area contributed by atoms with Crippen LogP contribution in [0.3, 0.4) is 0 Å². The van der Waals surface area contributed by atoms with Crippen molar-refractivity contribution in [2.45, 2.75) is 32.7 Å². The maximum atomic E-state index is 12.6. The Morgan fingerprint density at radius 3 is 2.46 bits per heavy atom. The first kappa shape index (κ1) is 22.2. The van der Waals surface area contributed by atoms with Gasteiger partial charge in [-0.2, -0.15) is 13.2 Å². The molecular formula is C16H22F3IN6. The summed E-state index contributed by atoms with van der Waals surface area (Å²) < 4.78 is 39.7. The van der Waals surface area contributed by atoms with E-state index in [0.717, 1.165) is 30.1 Å². The van der Waals surface area contributed by atoms with E-state index in [1.54, 1.807) is 13.4 Å². The van der Waals surface area contributed by atoms with Crippen LogP contribution in [0.1, 0.15) is 23.9 Å². The minimum Gasteiger partial charge on any atom is -0.349 e. The molecule has 26 heavy (non-hydrogen) atoms. The summed E-state index contributed by atoms with van der Waals surface area (Å²) >= 11 is 0. The van der Waals surface area contributed by atoms with Gasteiger partial charge in [0.15, 0.2) is 11.8 Å². The van der Waals surface area contributed by atoms with Crippen LogP contribution in [-0.4, -0.2) is 39.7 Å². The van der Waals surface area contributed by atoms with Crippen LogP contribution in [0.5, 0.6) is 0 Å². The van der Waals surface area contributed by atoms with Crippen LogP contribution in [0.2, 0.25) is 0 Å². The lowest BCUT2D eigenvalue weighted by Gasteiger charge is -2.22. The van der Waals surface area contributed by atoms with Crippen molar-refractivity contribution in [2.75, 3.05) is 14.1 Å². The molecule has 0 spiro atoms. The van der Waals surface area contributed by atoms with Crippen LogP contribution in [0.4, 0.5) is 13.2 Å². The van der Waals surface area contributed by atoms with Gasteiger partial charge in [0.2, 0.25) is 0 Å². The fourth-order valence-corrected chi connectivity index (χ4v) is 2.37. The molecule has 144 valence electrons. The van der Waals surface area contributed by atoms with E-state index < -0.39 is 11.7 Å². The van der Waals surface area contributed by atoms with E-state index in [2.05, 4.69) is 20.5 Å².